The van der Waals surface area contributed by atoms with Crippen molar-refractivity contribution in [2.75, 3.05) is 15.5 Å². The van der Waals surface area contributed by atoms with Crippen LogP contribution in [0.5, 0.6) is 0 Å². The SMILES string of the molecule is O=C1CC(=O)N(c2ccc(NC(=O)c3ccccc3)cc2)c2ccc3ccccc3c2N1. The summed E-state index contributed by atoms with van der Waals surface area (Å²) in [6, 6.07) is 27.4. The lowest BCUT2D eigenvalue weighted by Gasteiger charge is -2.23. The lowest BCUT2D eigenvalue weighted by atomic mass is 10.1. The average molecular weight is 421 g/mol. The van der Waals surface area contributed by atoms with Crippen molar-refractivity contribution in [1.29, 1.82) is 0 Å². The zero-order valence-electron chi connectivity index (χ0n) is 17.0. The molecular weight excluding hydrogens is 402 g/mol. The number of nitrogens with zero attached hydrogens (tertiary/aromatic N) is 1. The van der Waals surface area contributed by atoms with Crippen LogP contribution in [0.15, 0.2) is 91.0 Å². The fourth-order valence-corrected chi connectivity index (χ4v) is 3.88. The van der Waals surface area contributed by atoms with Gasteiger partial charge in [-0.1, -0.05) is 48.5 Å². The first kappa shape index (κ1) is 19.5. The van der Waals surface area contributed by atoms with Gasteiger partial charge < -0.3 is 10.6 Å². The maximum atomic E-state index is 13.0. The van der Waals surface area contributed by atoms with Crippen molar-refractivity contribution < 1.29 is 14.4 Å². The number of hydrogen-bond acceptors (Lipinski definition) is 3. The van der Waals surface area contributed by atoms with E-state index in [0.717, 1.165) is 10.8 Å². The molecule has 0 saturated carbocycles. The Morgan fingerprint density at radius 2 is 1.53 bits per heavy atom. The number of carbonyl (C=O) groups excluding carboxylic acids is 3. The van der Waals surface area contributed by atoms with Crippen molar-refractivity contribution in [2.24, 2.45) is 0 Å². The first-order chi connectivity index (χ1) is 15.6. The fourth-order valence-electron chi connectivity index (χ4n) is 3.88. The predicted molar refractivity (Wildman–Crippen MR) is 125 cm³/mol. The van der Waals surface area contributed by atoms with Crippen LogP contribution >= 0.6 is 0 Å². The minimum atomic E-state index is -0.346. The summed E-state index contributed by atoms with van der Waals surface area (Å²) < 4.78 is 0. The summed E-state index contributed by atoms with van der Waals surface area (Å²) in [5.41, 5.74) is 3.00. The second-order valence-corrected chi connectivity index (χ2v) is 7.50. The van der Waals surface area contributed by atoms with Gasteiger partial charge in [0.1, 0.15) is 6.42 Å². The molecule has 3 amide bonds. The van der Waals surface area contributed by atoms with Gasteiger partial charge >= 0.3 is 0 Å². The van der Waals surface area contributed by atoms with Gasteiger partial charge in [-0.2, -0.15) is 0 Å². The minimum Gasteiger partial charge on any atom is -0.323 e. The van der Waals surface area contributed by atoms with E-state index in [-0.39, 0.29) is 24.1 Å². The molecule has 2 N–H and O–H groups in total. The molecule has 0 aromatic heterocycles. The van der Waals surface area contributed by atoms with Crippen LogP contribution in [-0.2, 0) is 9.59 Å². The third kappa shape index (κ3) is 3.58. The molecule has 1 aliphatic heterocycles. The zero-order valence-corrected chi connectivity index (χ0v) is 17.0. The van der Waals surface area contributed by atoms with Gasteiger partial charge in [0, 0.05) is 22.3 Å². The largest absolute Gasteiger partial charge is 0.323 e. The van der Waals surface area contributed by atoms with Crippen molar-refractivity contribution in [3.05, 3.63) is 96.6 Å². The number of rotatable bonds is 3. The summed E-state index contributed by atoms with van der Waals surface area (Å²) in [7, 11) is 0. The number of nitrogens with one attached hydrogen (secondary N) is 2. The molecule has 1 heterocycles. The lowest BCUT2D eigenvalue weighted by Crippen LogP contribution is -2.26. The molecule has 6 nitrogen and oxygen atoms in total. The van der Waals surface area contributed by atoms with E-state index in [9.17, 15) is 14.4 Å². The van der Waals surface area contributed by atoms with Crippen LogP contribution in [0.3, 0.4) is 0 Å². The summed E-state index contributed by atoms with van der Waals surface area (Å²) in [5.74, 6) is -0.879. The second kappa shape index (κ2) is 8.00. The Bertz CT molecular complexity index is 1350. The lowest BCUT2D eigenvalue weighted by molar-refractivity contribution is -0.124. The molecule has 0 fully saturated rings. The Hall–Kier alpha value is -4.45. The smallest absolute Gasteiger partial charge is 0.255 e. The molecular formula is C26H19N3O3. The number of hydrogen-bond donors (Lipinski definition) is 2. The highest BCUT2D eigenvalue weighted by Gasteiger charge is 2.28. The number of carbonyl (C=O) groups is 3. The third-order valence-corrected chi connectivity index (χ3v) is 5.39. The van der Waals surface area contributed by atoms with E-state index in [1.165, 1.54) is 0 Å². The predicted octanol–water partition coefficient (Wildman–Crippen LogP) is 5.10. The Kier molecular flexibility index (Phi) is 4.88. The van der Waals surface area contributed by atoms with E-state index < -0.39 is 0 Å². The molecule has 0 bridgehead atoms. The molecule has 0 radical (unpaired) electrons. The van der Waals surface area contributed by atoms with E-state index in [2.05, 4.69) is 10.6 Å². The molecule has 5 rings (SSSR count). The van der Waals surface area contributed by atoms with Gasteiger partial charge in [0.25, 0.3) is 5.91 Å². The molecule has 0 unspecified atom stereocenters. The Labute approximate surface area is 184 Å². The second-order valence-electron chi connectivity index (χ2n) is 7.50. The quantitative estimate of drug-likeness (QED) is 0.452. The van der Waals surface area contributed by atoms with Gasteiger partial charge in [0.05, 0.1) is 11.4 Å². The van der Waals surface area contributed by atoms with Crippen molar-refractivity contribution >= 4 is 51.2 Å². The third-order valence-electron chi connectivity index (χ3n) is 5.39. The Balaban J connectivity index is 1.50. The highest BCUT2D eigenvalue weighted by molar-refractivity contribution is 6.21. The van der Waals surface area contributed by atoms with Crippen LogP contribution in [-0.4, -0.2) is 17.7 Å². The van der Waals surface area contributed by atoms with Crippen molar-refractivity contribution in [3.63, 3.8) is 0 Å². The molecule has 4 aromatic carbocycles. The molecule has 4 aromatic rings. The summed E-state index contributed by atoms with van der Waals surface area (Å²) in [4.78, 5) is 39.3. The van der Waals surface area contributed by atoms with Gasteiger partial charge in [0.2, 0.25) is 11.8 Å². The van der Waals surface area contributed by atoms with Crippen LogP contribution in [0.2, 0.25) is 0 Å². The standard InChI is InChI=1S/C26H19N3O3/c30-23-16-24(31)29(22-15-10-17-6-4-5-9-21(17)25(22)28-23)20-13-11-19(12-14-20)27-26(32)18-7-2-1-3-8-18/h1-15H,16H2,(H,27,32)(H,28,30). The molecule has 0 atom stereocenters. The minimum absolute atomic E-state index is 0.212. The van der Waals surface area contributed by atoms with E-state index >= 15 is 0 Å². The zero-order chi connectivity index (χ0) is 22.1. The molecule has 0 spiro atoms. The highest BCUT2D eigenvalue weighted by atomic mass is 16.2. The number of benzene rings is 4. The Morgan fingerprint density at radius 3 is 2.31 bits per heavy atom. The summed E-state index contributed by atoms with van der Waals surface area (Å²) >= 11 is 0. The first-order valence-electron chi connectivity index (χ1n) is 10.2. The van der Waals surface area contributed by atoms with Crippen LogP contribution in [0.25, 0.3) is 10.8 Å². The first-order valence-corrected chi connectivity index (χ1v) is 10.2. The Morgan fingerprint density at radius 1 is 0.812 bits per heavy atom. The van der Waals surface area contributed by atoms with Crippen molar-refractivity contribution in [2.45, 2.75) is 6.42 Å². The molecule has 0 saturated heterocycles. The van der Waals surface area contributed by atoms with E-state index in [0.29, 0.717) is 28.3 Å². The number of amides is 3. The van der Waals surface area contributed by atoms with Crippen LogP contribution in [0.1, 0.15) is 16.8 Å². The normalized spacial score (nSPS) is 13.3. The molecule has 32 heavy (non-hydrogen) atoms. The molecule has 6 heteroatoms. The highest BCUT2D eigenvalue weighted by Crippen LogP contribution is 2.40. The topological polar surface area (TPSA) is 78.5 Å². The van der Waals surface area contributed by atoms with Gasteiger partial charge in [-0.15, -0.1) is 0 Å². The van der Waals surface area contributed by atoms with E-state index in [1.807, 2.05) is 42.5 Å². The fraction of sp³-hybridized carbons (Fsp3) is 0.0385. The summed E-state index contributed by atoms with van der Waals surface area (Å²) in [5, 5.41) is 7.58. The van der Waals surface area contributed by atoms with Gasteiger partial charge in [-0.25, -0.2) is 0 Å². The van der Waals surface area contributed by atoms with Crippen LogP contribution in [0, 0.1) is 0 Å². The van der Waals surface area contributed by atoms with E-state index in [4.69, 9.17) is 0 Å². The number of anilines is 4. The average Bonchev–Trinajstić information content (AvgIpc) is 2.95. The van der Waals surface area contributed by atoms with Gasteiger partial charge in [0.15, 0.2) is 0 Å². The van der Waals surface area contributed by atoms with Gasteiger partial charge in [-0.3, -0.25) is 19.3 Å². The van der Waals surface area contributed by atoms with Gasteiger partial charge in [-0.05, 0) is 47.9 Å². The van der Waals surface area contributed by atoms with E-state index in [1.54, 1.807) is 53.4 Å². The number of fused-ring (bicyclic) bond motifs is 3. The summed E-state index contributed by atoms with van der Waals surface area (Å²) in [6.07, 6.45) is -0.254. The van der Waals surface area contributed by atoms with Crippen LogP contribution in [0.4, 0.5) is 22.7 Å². The van der Waals surface area contributed by atoms with Crippen molar-refractivity contribution in [3.8, 4) is 0 Å². The summed E-state index contributed by atoms with van der Waals surface area (Å²) in [6.45, 7) is 0. The van der Waals surface area contributed by atoms with Crippen LogP contribution < -0.4 is 15.5 Å². The maximum absolute atomic E-state index is 13.0. The monoisotopic (exact) mass is 421 g/mol. The molecule has 0 aliphatic carbocycles. The van der Waals surface area contributed by atoms with Crippen molar-refractivity contribution in [1.82, 2.24) is 0 Å². The maximum Gasteiger partial charge on any atom is 0.255 e. The molecule has 1 aliphatic rings. The molecule has 156 valence electrons.